The molecule has 0 spiro atoms. The Bertz CT molecular complexity index is 970. The Kier molecular flexibility index (Phi) is 4.95. The summed E-state index contributed by atoms with van der Waals surface area (Å²) in [5.41, 5.74) is 4.92. The molecule has 0 bridgehead atoms. The van der Waals surface area contributed by atoms with E-state index in [4.69, 9.17) is 5.26 Å². The van der Waals surface area contributed by atoms with Crippen molar-refractivity contribution in [1.29, 1.82) is 5.26 Å². The summed E-state index contributed by atoms with van der Waals surface area (Å²) in [7, 11) is 0. The second-order valence-electron chi connectivity index (χ2n) is 6.00. The number of benzene rings is 2. The van der Waals surface area contributed by atoms with Gasteiger partial charge in [-0.2, -0.15) is 5.26 Å². The first-order valence-electron chi connectivity index (χ1n) is 8.17. The minimum Gasteiger partial charge on any atom is -0.340 e. The molecule has 2 N–H and O–H groups in total. The van der Waals surface area contributed by atoms with Gasteiger partial charge in [-0.3, -0.25) is 4.79 Å². The topological polar surface area (TPSA) is 77.8 Å². The summed E-state index contributed by atoms with van der Waals surface area (Å²) in [6.45, 7) is 4.00. The SMILES string of the molecule is Cc1ccc(C(=O)Nc2ccc(Nc3ccc(C#N)cc3)nc2)cc1C. The smallest absolute Gasteiger partial charge is 0.255 e. The van der Waals surface area contributed by atoms with Crippen molar-refractivity contribution in [3.05, 3.63) is 83.0 Å². The Balaban J connectivity index is 1.66. The van der Waals surface area contributed by atoms with E-state index >= 15 is 0 Å². The molecule has 0 aliphatic heterocycles. The fourth-order valence-corrected chi connectivity index (χ4v) is 2.40. The molecule has 128 valence electrons. The predicted molar refractivity (Wildman–Crippen MR) is 103 cm³/mol. The lowest BCUT2D eigenvalue weighted by Crippen LogP contribution is -2.12. The lowest BCUT2D eigenvalue weighted by Gasteiger charge is -2.09. The van der Waals surface area contributed by atoms with Crippen molar-refractivity contribution in [3.8, 4) is 6.07 Å². The van der Waals surface area contributed by atoms with Gasteiger partial charge in [-0.15, -0.1) is 0 Å². The Morgan fingerprint density at radius 3 is 2.31 bits per heavy atom. The Morgan fingerprint density at radius 2 is 1.69 bits per heavy atom. The molecular formula is C21H18N4O. The van der Waals surface area contributed by atoms with E-state index in [1.165, 1.54) is 0 Å². The van der Waals surface area contributed by atoms with E-state index in [1.807, 2.05) is 44.2 Å². The molecule has 3 aromatic rings. The molecule has 2 aromatic carbocycles. The zero-order valence-electron chi connectivity index (χ0n) is 14.6. The van der Waals surface area contributed by atoms with Gasteiger partial charge in [-0.1, -0.05) is 6.07 Å². The van der Waals surface area contributed by atoms with Gasteiger partial charge in [0, 0.05) is 11.3 Å². The number of nitriles is 1. The van der Waals surface area contributed by atoms with Crippen LogP contribution in [0.1, 0.15) is 27.0 Å². The number of carbonyl (C=O) groups is 1. The molecule has 0 radical (unpaired) electrons. The zero-order valence-corrected chi connectivity index (χ0v) is 14.6. The molecule has 0 unspecified atom stereocenters. The molecule has 0 atom stereocenters. The van der Waals surface area contributed by atoms with E-state index < -0.39 is 0 Å². The van der Waals surface area contributed by atoms with Crippen molar-refractivity contribution < 1.29 is 4.79 Å². The zero-order chi connectivity index (χ0) is 18.5. The number of carbonyl (C=O) groups excluding carboxylic acids is 1. The highest BCUT2D eigenvalue weighted by atomic mass is 16.1. The number of hydrogen-bond acceptors (Lipinski definition) is 4. The number of aromatic nitrogens is 1. The van der Waals surface area contributed by atoms with Gasteiger partial charge >= 0.3 is 0 Å². The number of aryl methyl sites for hydroxylation is 2. The lowest BCUT2D eigenvalue weighted by atomic mass is 10.1. The van der Waals surface area contributed by atoms with Crippen molar-refractivity contribution in [3.63, 3.8) is 0 Å². The highest BCUT2D eigenvalue weighted by Crippen LogP contribution is 2.18. The first-order valence-corrected chi connectivity index (χ1v) is 8.17. The maximum Gasteiger partial charge on any atom is 0.255 e. The molecule has 5 heteroatoms. The van der Waals surface area contributed by atoms with Gasteiger partial charge in [0.25, 0.3) is 5.91 Å². The van der Waals surface area contributed by atoms with E-state index in [-0.39, 0.29) is 5.91 Å². The minimum atomic E-state index is -0.164. The van der Waals surface area contributed by atoms with Crippen molar-refractivity contribution >= 4 is 23.1 Å². The van der Waals surface area contributed by atoms with Gasteiger partial charge in [0.2, 0.25) is 0 Å². The first kappa shape index (κ1) is 17.2. The predicted octanol–water partition coefficient (Wildman–Crippen LogP) is 4.57. The van der Waals surface area contributed by atoms with Crippen LogP contribution < -0.4 is 10.6 Å². The summed E-state index contributed by atoms with van der Waals surface area (Å²) >= 11 is 0. The van der Waals surface area contributed by atoms with Gasteiger partial charge in [-0.05, 0) is 73.5 Å². The number of amides is 1. The van der Waals surface area contributed by atoms with Gasteiger partial charge < -0.3 is 10.6 Å². The second kappa shape index (κ2) is 7.49. The number of pyridine rings is 1. The van der Waals surface area contributed by atoms with Crippen molar-refractivity contribution in [1.82, 2.24) is 4.98 Å². The fourth-order valence-electron chi connectivity index (χ4n) is 2.40. The van der Waals surface area contributed by atoms with E-state index in [0.29, 0.717) is 22.6 Å². The minimum absolute atomic E-state index is 0.164. The summed E-state index contributed by atoms with van der Waals surface area (Å²) in [6, 6.07) is 18.4. The number of anilines is 3. The maximum atomic E-state index is 12.3. The van der Waals surface area contributed by atoms with Crippen LogP contribution in [0.25, 0.3) is 0 Å². The van der Waals surface area contributed by atoms with Gasteiger partial charge in [-0.25, -0.2) is 4.98 Å². The van der Waals surface area contributed by atoms with Crippen LogP contribution in [0.15, 0.2) is 60.8 Å². The Labute approximate surface area is 152 Å². The quantitative estimate of drug-likeness (QED) is 0.728. The number of nitrogens with one attached hydrogen (secondary N) is 2. The van der Waals surface area contributed by atoms with E-state index in [2.05, 4.69) is 21.7 Å². The normalized spacial score (nSPS) is 10.0. The third-order valence-electron chi connectivity index (χ3n) is 4.08. The summed E-state index contributed by atoms with van der Waals surface area (Å²) in [4.78, 5) is 16.6. The molecule has 26 heavy (non-hydrogen) atoms. The van der Waals surface area contributed by atoms with E-state index in [1.54, 1.807) is 30.5 Å². The van der Waals surface area contributed by atoms with Crippen LogP contribution in [-0.2, 0) is 0 Å². The Morgan fingerprint density at radius 1 is 0.962 bits per heavy atom. The number of hydrogen-bond donors (Lipinski definition) is 2. The third-order valence-corrected chi connectivity index (χ3v) is 4.08. The van der Waals surface area contributed by atoms with Crippen LogP contribution in [0.3, 0.4) is 0 Å². The number of nitrogens with zero attached hydrogens (tertiary/aromatic N) is 2. The van der Waals surface area contributed by atoms with Crippen molar-refractivity contribution in [2.24, 2.45) is 0 Å². The molecule has 1 aromatic heterocycles. The largest absolute Gasteiger partial charge is 0.340 e. The van der Waals surface area contributed by atoms with Crippen LogP contribution in [0.4, 0.5) is 17.2 Å². The van der Waals surface area contributed by atoms with Gasteiger partial charge in [0.1, 0.15) is 5.82 Å². The average Bonchev–Trinajstić information content (AvgIpc) is 2.66. The molecule has 0 aliphatic carbocycles. The summed E-state index contributed by atoms with van der Waals surface area (Å²) in [5.74, 6) is 0.488. The van der Waals surface area contributed by atoms with E-state index in [9.17, 15) is 4.79 Å². The molecule has 1 heterocycles. The molecule has 0 aliphatic rings. The van der Waals surface area contributed by atoms with Crippen molar-refractivity contribution in [2.45, 2.75) is 13.8 Å². The Hall–Kier alpha value is -3.65. The summed E-state index contributed by atoms with van der Waals surface area (Å²) < 4.78 is 0. The molecule has 0 saturated heterocycles. The van der Waals surface area contributed by atoms with Crippen LogP contribution in [0, 0.1) is 25.2 Å². The fraction of sp³-hybridized carbons (Fsp3) is 0.0952. The standard InChI is InChI=1S/C21H18N4O/c1-14-3-6-17(11-15(14)2)21(26)25-19-9-10-20(23-13-19)24-18-7-4-16(12-22)5-8-18/h3-11,13H,1-2H3,(H,23,24)(H,25,26). The van der Waals surface area contributed by atoms with Crippen molar-refractivity contribution in [2.75, 3.05) is 10.6 Å². The van der Waals surface area contributed by atoms with Crippen LogP contribution >= 0.6 is 0 Å². The number of rotatable bonds is 4. The monoisotopic (exact) mass is 342 g/mol. The highest BCUT2D eigenvalue weighted by Gasteiger charge is 2.07. The third kappa shape index (κ3) is 4.05. The summed E-state index contributed by atoms with van der Waals surface area (Å²) in [5, 5.41) is 14.8. The van der Waals surface area contributed by atoms with Crippen LogP contribution in [0.5, 0.6) is 0 Å². The van der Waals surface area contributed by atoms with Crippen LogP contribution in [0.2, 0.25) is 0 Å². The highest BCUT2D eigenvalue weighted by molar-refractivity contribution is 6.04. The molecule has 0 saturated carbocycles. The molecule has 3 rings (SSSR count). The second-order valence-corrected chi connectivity index (χ2v) is 6.00. The van der Waals surface area contributed by atoms with Crippen LogP contribution in [-0.4, -0.2) is 10.9 Å². The van der Waals surface area contributed by atoms with Gasteiger partial charge in [0.05, 0.1) is 23.5 Å². The first-order chi connectivity index (χ1) is 12.5. The van der Waals surface area contributed by atoms with Gasteiger partial charge in [0.15, 0.2) is 0 Å². The summed E-state index contributed by atoms with van der Waals surface area (Å²) in [6.07, 6.45) is 1.60. The average molecular weight is 342 g/mol. The molecule has 0 fully saturated rings. The molecular weight excluding hydrogens is 324 g/mol. The molecule has 5 nitrogen and oxygen atoms in total. The van der Waals surface area contributed by atoms with E-state index in [0.717, 1.165) is 16.8 Å². The maximum absolute atomic E-state index is 12.3. The lowest BCUT2D eigenvalue weighted by molar-refractivity contribution is 0.102. The molecule has 1 amide bonds.